The highest BCUT2D eigenvalue weighted by molar-refractivity contribution is 7.89. The lowest BCUT2D eigenvalue weighted by molar-refractivity contribution is -0.123. The monoisotopic (exact) mass is 466 g/mol. The van der Waals surface area contributed by atoms with Crippen LogP contribution in [0.25, 0.3) is 0 Å². The van der Waals surface area contributed by atoms with Crippen molar-refractivity contribution < 1.29 is 17.9 Å². The summed E-state index contributed by atoms with van der Waals surface area (Å²) in [5.74, 6) is 0.244. The summed E-state index contributed by atoms with van der Waals surface area (Å²) in [4.78, 5) is 13.3. The van der Waals surface area contributed by atoms with Crippen LogP contribution >= 0.6 is 0 Å². The standard InChI is InChI=1S/C26H30N2O4S/c1-4-32-25-16-15-23(17-19(25)2)33(30,31)28-24(18-21-11-7-5-8-12-21)26(29)27-20(3)22-13-9-6-10-14-22/h5-17,20,24,28H,4,18H2,1-3H3,(H,27,29)/t20-,24+/m1/s1. The van der Waals surface area contributed by atoms with Crippen molar-refractivity contribution in [2.75, 3.05) is 6.61 Å². The van der Waals surface area contributed by atoms with E-state index in [4.69, 9.17) is 4.74 Å². The largest absolute Gasteiger partial charge is 0.494 e. The van der Waals surface area contributed by atoms with Crippen LogP contribution in [0.15, 0.2) is 83.8 Å². The molecule has 0 aliphatic carbocycles. The lowest BCUT2D eigenvalue weighted by atomic mass is 10.0. The van der Waals surface area contributed by atoms with Crippen LogP contribution in [0.4, 0.5) is 0 Å². The average Bonchev–Trinajstić information content (AvgIpc) is 2.81. The Morgan fingerprint density at radius 2 is 1.61 bits per heavy atom. The molecule has 33 heavy (non-hydrogen) atoms. The quantitative estimate of drug-likeness (QED) is 0.470. The molecular formula is C26H30N2O4S. The Hall–Kier alpha value is -3.16. The Balaban J connectivity index is 1.84. The summed E-state index contributed by atoms with van der Waals surface area (Å²) in [7, 11) is -3.95. The van der Waals surface area contributed by atoms with Crippen LogP contribution in [-0.4, -0.2) is 27.0 Å². The van der Waals surface area contributed by atoms with Gasteiger partial charge in [0.1, 0.15) is 11.8 Å². The van der Waals surface area contributed by atoms with E-state index in [0.29, 0.717) is 17.9 Å². The number of sulfonamides is 1. The van der Waals surface area contributed by atoms with Crippen LogP contribution < -0.4 is 14.8 Å². The first-order valence-corrected chi connectivity index (χ1v) is 12.4. The van der Waals surface area contributed by atoms with E-state index in [1.807, 2.05) is 74.5 Å². The van der Waals surface area contributed by atoms with Gasteiger partial charge in [0.05, 0.1) is 17.5 Å². The molecule has 0 heterocycles. The maximum absolute atomic E-state index is 13.2. The van der Waals surface area contributed by atoms with E-state index in [-0.39, 0.29) is 23.3 Å². The molecule has 2 N–H and O–H groups in total. The van der Waals surface area contributed by atoms with Gasteiger partial charge in [-0.1, -0.05) is 60.7 Å². The number of hydrogen-bond donors (Lipinski definition) is 2. The highest BCUT2D eigenvalue weighted by Gasteiger charge is 2.27. The van der Waals surface area contributed by atoms with Crippen molar-refractivity contribution in [2.24, 2.45) is 0 Å². The third-order valence-electron chi connectivity index (χ3n) is 5.31. The third kappa shape index (κ3) is 6.66. The Morgan fingerprint density at radius 1 is 0.970 bits per heavy atom. The van der Waals surface area contributed by atoms with E-state index < -0.39 is 16.1 Å². The van der Waals surface area contributed by atoms with Gasteiger partial charge in [-0.15, -0.1) is 0 Å². The molecule has 0 saturated heterocycles. The van der Waals surface area contributed by atoms with Crippen molar-refractivity contribution in [3.63, 3.8) is 0 Å². The molecule has 2 atom stereocenters. The van der Waals surface area contributed by atoms with E-state index in [1.165, 1.54) is 6.07 Å². The van der Waals surface area contributed by atoms with Crippen LogP contribution in [0.1, 0.15) is 36.6 Å². The van der Waals surface area contributed by atoms with Crippen LogP contribution in [0.2, 0.25) is 0 Å². The number of carbonyl (C=O) groups is 1. The molecular weight excluding hydrogens is 436 g/mol. The molecule has 0 bridgehead atoms. The zero-order chi connectivity index (χ0) is 23.8. The van der Waals surface area contributed by atoms with Crippen molar-refractivity contribution in [3.8, 4) is 5.75 Å². The van der Waals surface area contributed by atoms with Crippen molar-refractivity contribution >= 4 is 15.9 Å². The van der Waals surface area contributed by atoms with Crippen LogP contribution in [-0.2, 0) is 21.2 Å². The first-order chi connectivity index (χ1) is 15.8. The minimum absolute atomic E-state index is 0.0884. The zero-order valence-electron chi connectivity index (χ0n) is 19.1. The van der Waals surface area contributed by atoms with E-state index in [2.05, 4.69) is 10.0 Å². The smallest absolute Gasteiger partial charge is 0.241 e. The molecule has 0 aliphatic heterocycles. The van der Waals surface area contributed by atoms with Gasteiger partial charge in [0.25, 0.3) is 0 Å². The third-order valence-corrected chi connectivity index (χ3v) is 6.78. The van der Waals surface area contributed by atoms with Crippen molar-refractivity contribution in [3.05, 3.63) is 95.6 Å². The number of rotatable bonds is 10. The summed E-state index contributed by atoms with van der Waals surface area (Å²) in [5.41, 5.74) is 2.51. The Bertz CT molecular complexity index is 1170. The molecule has 0 saturated carbocycles. The number of hydrogen-bond acceptors (Lipinski definition) is 4. The van der Waals surface area contributed by atoms with Gasteiger partial charge in [-0.25, -0.2) is 8.42 Å². The van der Waals surface area contributed by atoms with Crippen LogP contribution in [0.5, 0.6) is 5.75 Å². The van der Waals surface area contributed by atoms with Crippen molar-refractivity contribution in [1.82, 2.24) is 10.0 Å². The molecule has 3 rings (SSSR count). The van der Waals surface area contributed by atoms with Gasteiger partial charge in [0.15, 0.2) is 0 Å². The van der Waals surface area contributed by atoms with E-state index >= 15 is 0 Å². The Kier molecular flexibility index (Phi) is 8.25. The number of benzene rings is 3. The lowest BCUT2D eigenvalue weighted by Gasteiger charge is -2.22. The fourth-order valence-corrected chi connectivity index (χ4v) is 4.82. The molecule has 0 unspecified atom stereocenters. The number of carbonyl (C=O) groups excluding carboxylic acids is 1. The van der Waals surface area contributed by atoms with Crippen molar-refractivity contribution in [1.29, 1.82) is 0 Å². The predicted octanol–water partition coefficient (Wildman–Crippen LogP) is 4.16. The second-order valence-electron chi connectivity index (χ2n) is 7.86. The van der Waals surface area contributed by atoms with Gasteiger partial charge in [-0.2, -0.15) is 4.72 Å². The zero-order valence-corrected chi connectivity index (χ0v) is 19.9. The molecule has 0 aliphatic rings. The van der Waals surface area contributed by atoms with E-state index in [1.54, 1.807) is 19.1 Å². The minimum Gasteiger partial charge on any atom is -0.494 e. The molecule has 6 nitrogen and oxygen atoms in total. The van der Waals surface area contributed by atoms with Crippen molar-refractivity contribution in [2.45, 2.75) is 44.2 Å². The number of amides is 1. The normalized spacial score (nSPS) is 13.2. The second-order valence-corrected chi connectivity index (χ2v) is 9.58. The number of ether oxygens (including phenoxy) is 1. The molecule has 1 amide bonds. The molecule has 174 valence electrons. The molecule has 7 heteroatoms. The molecule has 0 fully saturated rings. The van der Waals surface area contributed by atoms with E-state index in [0.717, 1.165) is 11.1 Å². The highest BCUT2D eigenvalue weighted by atomic mass is 32.2. The van der Waals surface area contributed by atoms with Gasteiger partial charge in [0.2, 0.25) is 15.9 Å². The SMILES string of the molecule is CCOc1ccc(S(=O)(=O)N[C@@H](Cc2ccccc2)C(=O)N[C@H](C)c2ccccc2)cc1C. The molecule has 0 aromatic heterocycles. The Labute approximate surface area is 196 Å². The summed E-state index contributed by atoms with van der Waals surface area (Å²) in [6.07, 6.45) is 0.226. The van der Waals surface area contributed by atoms with Gasteiger partial charge < -0.3 is 10.1 Å². The predicted molar refractivity (Wildman–Crippen MR) is 130 cm³/mol. The molecule has 3 aromatic carbocycles. The lowest BCUT2D eigenvalue weighted by Crippen LogP contribution is -2.48. The number of aryl methyl sites for hydroxylation is 1. The Morgan fingerprint density at radius 3 is 2.21 bits per heavy atom. The second kappa shape index (κ2) is 11.1. The van der Waals surface area contributed by atoms with Gasteiger partial charge in [-0.05, 0) is 62.1 Å². The first kappa shape index (κ1) is 24.5. The average molecular weight is 467 g/mol. The topological polar surface area (TPSA) is 84.5 Å². The van der Waals surface area contributed by atoms with Crippen LogP contribution in [0, 0.1) is 6.92 Å². The van der Waals surface area contributed by atoms with Crippen LogP contribution in [0.3, 0.4) is 0 Å². The fraction of sp³-hybridized carbons (Fsp3) is 0.269. The fourth-order valence-electron chi connectivity index (χ4n) is 3.54. The highest BCUT2D eigenvalue weighted by Crippen LogP contribution is 2.22. The molecule has 0 spiro atoms. The molecule has 3 aromatic rings. The summed E-state index contributed by atoms with van der Waals surface area (Å²) in [5, 5.41) is 2.94. The van der Waals surface area contributed by atoms with Gasteiger partial charge >= 0.3 is 0 Å². The maximum Gasteiger partial charge on any atom is 0.241 e. The minimum atomic E-state index is -3.95. The first-order valence-electron chi connectivity index (χ1n) is 10.9. The van der Waals surface area contributed by atoms with Gasteiger partial charge in [-0.3, -0.25) is 4.79 Å². The summed E-state index contributed by atoms with van der Waals surface area (Å²) >= 11 is 0. The number of nitrogens with one attached hydrogen (secondary N) is 2. The summed E-state index contributed by atoms with van der Waals surface area (Å²) in [6.45, 7) is 6.02. The maximum atomic E-state index is 13.2. The van der Waals surface area contributed by atoms with E-state index in [9.17, 15) is 13.2 Å². The summed E-state index contributed by atoms with van der Waals surface area (Å²) in [6, 6.07) is 22.3. The van der Waals surface area contributed by atoms with Gasteiger partial charge in [0, 0.05) is 0 Å². The summed E-state index contributed by atoms with van der Waals surface area (Å²) < 4.78 is 34.5. The molecule has 0 radical (unpaired) electrons.